The van der Waals surface area contributed by atoms with E-state index in [0.717, 1.165) is 90.0 Å². The summed E-state index contributed by atoms with van der Waals surface area (Å²) in [5.41, 5.74) is 2.36. The first-order chi connectivity index (χ1) is 22.7. The zero-order chi connectivity index (χ0) is 33.1. The summed E-state index contributed by atoms with van der Waals surface area (Å²) in [7, 11) is 5.25. The largest absolute Gasteiger partial charge is 0.469 e. The van der Waals surface area contributed by atoms with Gasteiger partial charge in [0.2, 0.25) is 0 Å². The highest BCUT2D eigenvalue weighted by atomic mass is 19.1. The Balaban J connectivity index is 1.16. The van der Waals surface area contributed by atoms with Gasteiger partial charge in [-0.25, -0.2) is 8.78 Å². The molecular formula is C38H51F2N5O2. The highest BCUT2D eigenvalue weighted by molar-refractivity contribution is 5.69. The van der Waals surface area contributed by atoms with Crippen LogP contribution in [0.1, 0.15) is 61.6 Å². The second-order valence-electron chi connectivity index (χ2n) is 14.9. The molecule has 9 heteroatoms. The predicted octanol–water partition coefficient (Wildman–Crippen LogP) is 5.67. The number of likely N-dealkylation sites (tertiary alicyclic amines) is 2. The molecule has 0 unspecified atom stereocenters. The number of halogens is 2. The van der Waals surface area contributed by atoms with Crippen molar-refractivity contribution < 1.29 is 18.3 Å². The maximum Gasteiger partial charge on any atom is 0.305 e. The summed E-state index contributed by atoms with van der Waals surface area (Å²) >= 11 is 0. The van der Waals surface area contributed by atoms with Crippen LogP contribution in [0.15, 0.2) is 36.4 Å². The predicted molar refractivity (Wildman–Crippen MR) is 180 cm³/mol. The molecule has 3 heterocycles. The van der Waals surface area contributed by atoms with E-state index in [-0.39, 0.29) is 28.9 Å². The molecule has 0 radical (unpaired) electrons. The lowest BCUT2D eigenvalue weighted by atomic mass is 9.56. The molecule has 3 saturated heterocycles. The zero-order valence-electron chi connectivity index (χ0n) is 28.4. The molecule has 0 spiro atoms. The molecule has 1 aliphatic carbocycles. The summed E-state index contributed by atoms with van der Waals surface area (Å²) in [4.78, 5) is 21.7. The van der Waals surface area contributed by atoms with Crippen LogP contribution in [0.4, 0.5) is 14.5 Å². The van der Waals surface area contributed by atoms with Crippen LogP contribution in [-0.4, -0.2) is 94.2 Å². The number of ether oxygens (including phenoxy) is 1. The third-order valence-electron chi connectivity index (χ3n) is 11.7. The molecule has 0 aromatic heterocycles. The number of nitrogens with zero attached hydrogens (tertiary/aromatic N) is 5. The van der Waals surface area contributed by atoms with Gasteiger partial charge in [-0.3, -0.25) is 4.79 Å². The fraction of sp³-hybridized carbons (Fsp3) is 0.632. The molecule has 3 atom stereocenters. The van der Waals surface area contributed by atoms with Crippen LogP contribution in [0.5, 0.6) is 0 Å². The van der Waals surface area contributed by atoms with E-state index in [2.05, 4.69) is 26.8 Å². The monoisotopic (exact) mass is 647 g/mol. The van der Waals surface area contributed by atoms with Gasteiger partial charge in [0.15, 0.2) is 5.82 Å². The van der Waals surface area contributed by atoms with E-state index in [1.54, 1.807) is 24.3 Å². The van der Waals surface area contributed by atoms with Gasteiger partial charge in [0.25, 0.3) is 0 Å². The Labute approximate surface area is 279 Å². The normalized spacial score (nSPS) is 24.1. The second-order valence-corrected chi connectivity index (χ2v) is 14.9. The maximum atomic E-state index is 15.5. The van der Waals surface area contributed by atoms with Crippen molar-refractivity contribution in [3.63, 3.8) is 0 Å². The topological polar surface area (TPSA) is 63.1 Å². The van der Waals surface area contributed by atoms with E-state index in [0.29, 0.717) is 47.5 Å². The van der Waals surface area contributed by atoms with E-state index in [9.17, 15) is 14.4 Å². The average Bonchev–Trinajstić information content (AvgIpc) is 3.48. The van der Waals surface area contributed by atoms with Crippen LogP contribution in [0.25, 0.3) is 0 Å². The van der Waals surface area contributed by atoms with Gasteiger partial charge in [-0.15, -0.1) is 0 Å². The van der Waals surface area contributed by atoms with Gasteiger partial charge in [-0.05, 0) is 120 Å². The molecule has 0 amide bonds. The molecule has 0 bridgehead atoms. The second kappa shape index (κ2) is 14.6. The smallest absolute Gasteiger partial charge is 0.305 e. The molecule has 254 valence electrons. The van der Waals surface area contributed by atoms with Crippen molar-refractivity contribution >= 4 is 11.7 Å². The number of hydrogen-bond acceptors (Lipinski definition) is 7. The quantitative estimate of drug-likeness (QED) is 0.275. The van der Waals surface area contributed by atoms with Crippen molar-refractivity contribution in [3.8, 4) is 6.07 Å². The minimum absolute atomic E-state index is 0.141. The summed E-state index contributed by atoms with van der Waals surface area (Å²) < 4.78 is 35.6. The number of piperidine rings is 1. The number of esters is 1. The maximum absolute atomic E-state index is 15.5. The van der Waals surface area contributed by atoms with Crippen LogP contribution < -0.4 is 4.90 Å². The average molecular weight is 648 g/mol. The van der Waals surface area contributed by atoms with Crippen LogP contribution in [-0.2, 0) is 21.5 Å². The molecule has 1 saturated carbocycles. The van der Waals surface area contributed by atoms with Gasteiger partial charge in [0.05, 0.1) is 24.4 Å². The Hall–Kier alpha value is -3.06. The van der Waals surface area contributed by atoms with Crippen molar-refractivity contribution in [2.75, 3.05) is 78.5 Å². The number of anilines is 1. The van der Waals surface area contributed by atoms with Crippen LogP contribution >= 0.6 is 0 Å². The summed E-state index contributed by atoms with van der Waals surface area (Å²) in [6.45, 7) is 8.07. The van der Waals surface area contributed by atoms with E-state index in [4.69, 9.17) is 4.74 Å². The lowest BCUT2D eigenvalue weighted by molar-refractivity contribution is -0.142. The number of nitriles is 1. The lowest BCUT2D eigenvalue weighted by Crippen LogP contribution is -2.58. The molecular weight excluding hydrogens is 596 g/mol. The van der Waals surface area contributed by atoms with E-state index in [1.807, 2.05) is 25.1 Å². The highest BCUT2D eigenvalue weighted by Crippen LogP contribution is 2.54. The van der Waals surface area contributed by atoms with Crippen molar-refractivity contribution in [1.82, 2.24) is 14.7 Å². The lowest BCUT2D eigenvalue weighted by Gasteiger charge is -2.54. The van der Waals surface area contributed by atoms with Gasteiger partial charge in [0, 0.05) is 56.0 Å². The molecule has 3 aliphatic heterocycles. The summed E-state index contributed by atoms with van der Waals surface area (Å²) in [5, 5.41) is 9.51. The molecule has 2 aromatic rings. The molecule has 7 nitrogen and oxygen atoms in total. The van der Waals surface area contributed by atoms with Gasteiger partial charge < -0.3 is 24.3 Å². The number of rotatable bonds is 12. The standard InChI is InChI=1S/C38H51F2N5O2/c1-42(2)25-33-29(21-41)11-12-35(37(33)40)45-23-27(24-45)22-43-17-13-30(14-18-43)38(26-44-15-6-16-44,31-8-5-9-32(39)20-31)34-10-4-7-28(34)19-36(46)47-3/h5,8-9,11-12,20,27-28,30,34H,4,6-7,10,13-19,22-26H2,1-3H3/t28-,34+,38+/m1/s1. The van der Waals surface area contributed by atoms with Gasteiger partial charge in [-0.2, -0.15) is 5.26 Å². The van der Waals surface area contributed by atoms with Crippen LogP contribution in [0.3, 0.4) is 0 Å². The fourth-order valence-electron chi connectivity index (χ4n) is 9.34. The van der Waals surface area contributed by atoms with Crippen molar-refractivity contribution in [3.05, 3.63) is 64.7 Å². The minimum Gasteiger partial charge on any atom is -0.469 e. The fourth-order valence-corrected chi connectivity index (χ4v) is 9.34. The minimum atomic E-state index is -0.273. The van der Waals surface area contributed by atoms with Crippen molar-refractivity contribution in [2.24, 2.45) is 23.7 Å². The number of hydrogen-bond donors (Lipinski definition) is 0. The Morgan fingerprint density at radius 2 is 1.79 bits per heavy atom. The number of carbonyl (C=O) groups is 1. The molecule has 4 aliphatic rings. The molecule has 6 rings (SSSR count). The highest BCUT2D eigenvalue weighted by Gasteiger charge is 2.53. The van der Waals surface area contributed by atoms with Crippen molar-refractivity contribution in [1.29, 1.82) is 5.26 Å². The molecule has 47 heavy (non-hydrogen) atoms. The molecule has 4 fully saturated rings. The van der Waals surface area contributed by atoms with Crippen LogP contribution in [0, 0.1) is 46.6 Å². The number of benzene rings is 2. The van der Waals surface area contributed by atoms with Gasteiger partial charge in [-0.1, -0.05) is 18.6 Å². The third-order valence-corrected chi connectivity index (χ3v) is 11.7. The SMILES string of the molecule is COC(=O)C[C@H]1CCC[C@@H]1[C@](CN1CCC1)(c1cccc(F)c1)C1CCN(CC2CN(c3ccc(C#N)c(CN(C)C)c3F)C2)CC1. The van der Waals surface area contributed by atoms with E-state index < -0.39 is 0 Å². The molecule has 0 N–H and O–H groups in total. The van der Waals surface area contributed by atoms with Gasteiger partial charge >= 0.3 is 5.97 Å². The number of methoxy groups -OCH3 is 1. The molecule has 2 aromatic carbocycles. The van der Waals surface area contributed by atoms with Crippen molar-refractivity contribution in [2.45, 2.75) is 56.9 Å². The van der Waals surface area contributed by atoms with E-state index >= 15 is 4.39 Å². The Kier molecular flexibility index (Phi) is 10.5. The Morgan fingerprint density at radius 1 is 1.02 bits per heavy atom. The first-order valence-corrected chi connectivity index (χ1v) is 17.6. The summed E-state index contributed by atoms with van der Waals surface area (Å²) in [6.07, 6.45) is 6.90. The Morgan fingerprint density at radius 3 is 2.43 bits per heavy atom. The first-order valence-electron chi connectivity index (χ1n) is 17.6. The van der Waals surface area contributed by atoms with E-state index in [1.165, 1.54) is 13.5 Å². The number of carbonyl (C=O) groups excluding carboxylic acids is 1. The van der Waals surface area contributed by atoms with Gasteiger partial charge in [0.1, 0.15) is 5.82 Å². The summed E-state index contributed by atoms with van der Waals surface area (Å²) in [6, 6.07) is 13.0. The first kappa shape index (κ1) is 33.8. The summed E-state index contributed by atoms with van der Waals surface area (Å²) in [5.74, 6) is 0.811. The third kappa shape index (κ3) is 7.06. The zero-order valence-corrected chi connectivity index (χ0v) is 28.4. The van der Waals surface area contributed by atoms with Crippen LogP contribution in [0.2, 0.25) is 0 Å². The Bertz CT molecular complexity index is 1440.